The molecule has 21 heavy (non-hydrogen) atoms. The van der Waals surface area contributed by atoms with Gasteiger partial charge in [-0.05, 0) is 31.5 Å². The highest BCUT2D eigenvalue weighted by Crippen LogP contribution is 2.13. The molecule has 2 rings (SSSR count). The van der Waals surface area contributed by atoms with E-state index in [2.05, 4.69) is 15.7 Å². The summed E-state index contributed by atoms with van der Waals surface area (Å²) < 4.78 is 7.37. The van der Waals surface area contributed by atoms with E-state index in [1.54, 1.807) is 24.1 Å². The van der Waals surface area contributed by atoms with Crippen LogP contribution in [0.3, 0.4) is 0 Å². The van der Waals surface area contributed by atoms with Crippen molar-refractivity contribution in [1.29, 1.82) is 0 Å². The molecular weight excluding hydrogens is 268 g/mol. The second-order valence-corrected chi connectivity index (χ2v) is 4.98. The Morgan fingerprint density at radius 1 is 1.48 bits per heavy atom. The molecule has 6 heteroatoms. The van der Waals surface area contributed by atoms with E-state index in [1.807, 2.05) is 38.1 Å². The Labute approximate surface area is 124 Å². The Kier molecular flexibility index (Phi) is 4.81. The highest BCUT2D eigenvalue weighted by atomic mass is 16.5. The first kappa shape index (κ1) is 14.9. The van der Waals surface area contributed by atoms with Gasteiger partial charge in [0.15, 0.2) is 0 Å². The number of ether oxygens (including phenoxy) is 1. The second-order valence-electron chi connectivity index (χ2n) is 4.98. The lowest BCUT2D eigenvalue weighted by atomic mass is 10.2. The van der Waals surface area contributed by atoms with Gasteiger partial charge in [-0.1, -0.05) is 12.1 Å². The predicted octanol–water partition coefficient (Wildman–Crippen LogP) is 2.32. The van der Waals surface area contributed by atoms with Crippen LogP contribution in [0.5, 0.6) is 5.75 Å². The summed E-state index contributed by atoms with van der Waals surface area (Å²) >= 11 is 0. The maximum atomic E-state index is 11.7. The Morgan fingerprint density at radius 3 is 2.95 bits per heavy atom. The van der Waals surface area contributed by atoms with Crippen molar-refractivity contribution < 1.29 is 9.53 Å². The number of benzene rings is 1. The molecule has 0 fully saturated rings. The van der Waals surface area contributed by atoms with Crippen LogP contribution in [0.4, 0.5) is 10.5 Å². The molecule has 1 heterocycles. The van der Waals surface area contributed by atoms with Crippen molar-refractivity contribution in [3.05, 3.63) is 42.2 Å². The number of carbonyl (C=O) groups excluding carboxylic acids is 1. The van der Waals surface area contributed by atoms with Crippen LogP contribution in [0, 0.1) is 6.92 Å². The summed E-state index contributed by atoms with van der Waals surface area (Å²) in [5.41, 5.74) is 1.80. The number of hydrogen-bond donors (Lipinski definition) is 2. The first-order chi connectivity index (χ1) is 10.0. The van der Waals surface area contributed by atoms with Gasteiger partial charge in [0.2, 0.25) is 0 Å². The summed E-state index contributed by atoms with van der Waals surface area (Å²) in [7, 11) is 1.79. The van der Waals surface area contributed by atoms with Crippen molar-refractivity contribution in [1.82, 2.24) is 15.1 Å². The highest BCUT2D eigenvalue weighted by Gasteiger charge is 2.08. The Morgan fingerprint density at radius 2 is 2.29 bits per heavy atom. The molecule has 6 nitrogen and oxygen atoms in total. The lowest BCUT2D eigenvalue weighted by Crippen LogP contribution is -2.36. The van der Waals surface area contributed by atoms with E-state index in [0.29, 0.717) is 12.2 Å². The predicted molar refractivity (Wildman–Crippen MR) is 81.5 cm³/mol. The number of anilines is 1. The molecule has 0 spiro atoms. The quantitative estimate of drug-likeness (QED) is 0.887. The van der Waals surface area contributed by atoms with Gasteiger partial charge in [-0.25, -0.2) is 4.79 Å². The van der Waals surface area contributed by atoms with Gasteiger partial charge in [0.1, 0.15) is 11.9 Å². The first-order valence-electron chi connectivity index (χ1n) is 6.80. The van der Waals surface area contributed by atoms with Gasteiger partial charge in [-0.15, -0.1) is 0 Å². The maximum absolute atomic E-state index is 11.7. The zero-order valence-electron chi connectivity index (χ0n) is 12.5. The molecule has 0 radical (unpaired) electrons. The van der Waals surface area contributed by atoms with E-state index in [4.69, 9.17) is 4.74 Å². The van der Waals surface area contributed by atoms with Gasteiger partial charge in [0.05, 0.1) is 18.4 Å². The number of nitrogens with one attached hydrogen (secondary N) is 2. The molecule has 0 aliphatic heterocycles. The van der Waals surface area contributed by atoms with Crippen LogP contribution >= 0.6 is 0 Å². The maximum Gasteiger partial charge on any atom is 0.319 e. The van der Waals surface area contributed by atoms with Crippen molar-refractivity contribution in [3.63, 3.8) is 0 Å². The summed E-state index contributed by atoms with van der Waals surface area (Å²) in [5.74, 6) is 0.803. The third kappa shape index (κ3) is 4.83. The van der Waals surface area contributed by atoms with E-state index in [-0.39, 0.29) is 12.1 Å². The fourth-order valence-electron chi connectivity index (χ4n) is 1.86. The van der Waals surface area contributed by atoms with Crippen LogP contribution in [0.15, 0.2) is 36.7 Å². The molecule has 0 aliphatic carbocycles. The topological polar surface area (TPSA) is 68.2 Å². The fourth-order valence-corrected chi connectivity index (χ4v) is 1.86. The molecule has 0 bridgehead atoms. The van der Waals surface area contributed by atoms with Gasteiger partial charge in [-0.2, -0.15) is 5.10 Å². The van der Waals surface area contributed by atoms with Gasteiger partial charge in [0.25, 0.3) is 0 Å². The van der Waals surface area contributed by atoms with Crippen molar-refractivity contribution in [2.24, 2.45) is 7.05 Å². The number of rotatable bonds is 5. The fraction of sp³-hybridized carbons (Fsp3) is 0.333. The summed E-state index contributed by atoms with van der Waals surface area (Å²) in [5, 5.41) is 9.44. The molecule has 0 saturated carbocycles. The van der Waals surface area contributed by atoms with E-state index < -0.39 is 0 Å². The lowest BCUT2D eigenvalue weighted by Gasteiger charge is -2.15. The van der Waals surface area contributed by atoms with Gasteiger partial charge in [0, 0.05) is 13.2 Å². The lowest BCUT2D eigenvalue weighted by molar-refractivity contribution is 0.212. The van der Waals surface area contributed by atoms with Gasteiger partial charge in [-0.3, -0.25) is 4.68 Å². The Balaban J connectivity index is 1.75. The molecule has 112 valence electrons. The summed E-state index contributed by atoms with van der Waals surface area (Å²) in [6, 6.07) is 7.55. The highest BCUT2D eigenvalue weighted by molar-refractivity contribution is 5.88. The molecule has 2 amide bonds. The van der Waals surface area contributed by atoms with Crippen LogP contribution in [0.25, 0.3) is 0 Å². The van der Waals surface area contributed by atoms with E-state index in [9.17, 15) is 4.79 Å². The second kappa shape index (κ2) is 6.78. The number of hydrogen-bond acceptors (Lipinski definition) is 3. The summed E-state index contributed by atoms with van der Waals surface area (Å²) in [4.78, 5) is 11.7. The zero-order valence-corrected chi connectivity index (χ0v) is 12.5. The molecule has 2 aromatic rings. The molecule has 2 N–H and O–H groups in total. The molecule has 0 aliphatic rings. The van der Waals surface area contributed by atoms with Crippen LogP contribution in [-0.2, 0) is 7.05 Å². The largest absolute Gasteiger partial charge is 0.489 e. The SMILES string of the molecule is Cc1cccc(O[C@@H](C)CNC(=O)Nc2cnn(C)c2)c1. The van der Waals surface area contributed by atoms with Crippen LogP contribution in [0.1, 0.15) is 12.5 Å². The van der Waals surface area contributed by atoms with Crippen molar-refractivity contribution in [2.75, 3.05) is 11.9 Å². The first-order valence-corrected chi connectivity index (χ1v) is 6.80. The van der Waals surface area contributed by atoms with E-state index in [0.717, 1.165) is 11.3 Å². The summed E-state index contributed by atoms with van der Waals surface area (Å²) in [6.07, 6.45) is 3.20. The van der Waals surface area contributed by atoms with Crippen molar-refractivity contribution in [3.8, 4) is 5.75 Å². The molecule has 1 aromatic heterocycles. The van der Waals surface area contributed by atoms with Crippen LogP contribution < -0.4 is 15.4 Å². The number of amides is 2. The van der Waals surface area contributed by atoms with E-state index >= 15 is 0 Å². The zero-order chi connectivity index (χ0) is 15.2. The monoisotopic (exact) mass is 288 g/mol. The van der Waals surface area contributed by atoms with Crippen LogP contribution in [0.2, 0.25) is 0 Å². The number of carbonyl (C=O) groups is 1. The van der Waals surface area contributed by atoms with Gasteiger partial charge >= 0.3 is 6.03 Å². The third-order valence-electron chi connectivity index (χ3n) is 2.84. The molecular formula is C15H20N4O2. The smallest absolute Gasteiger partial charge is 0.319 e. The Bertz CT molecular complexity index is 609. The van der Waals surface area contributed by atoms with Gasteiger partial charge < -0.3 is 15.4 Å². The minimum absolute atomic E-state index is 0.119. The number of aryl methyl sites for hydroxylation is 2. The minimum Gasteiger partial charge on any atom is -0.489 e. The normalized spacial score (nSPS) is 11.8. The minimum atomic E-state index is -0.275. The standard InChI is InChI=1S/C15H20N4O2/c1-11-5-4-6-14(7-11)21-12(2)8-16-15(20)18-13-9-17-19(3)10-13/h4-7,9-10,12H,8H2,1-3H3,(H2,16,18,20)/t12-/m0/s1. The molecule has 1 atom stereocenters. The van der Waals surface area contributed by atoms with E-state index in [1.165, 1.54) is 0 Å². The third-order valence-corrected chi connectivity index (χ3v) is 2.84. The average molecular weight is 288 g/mol. The number of urea groups is 1. The average Bonchev–Trinajstić information content (AvgIpc) is 2.82. The Hall–Kier alpha value is -2.50. The molecule has 1 aromatic carbocycles. The van der Waals surface area contributed by atoms with Crippen molar-refractivity contribution >= 4 is 11.7 Å². The van der Waals surface area contributed by atoms with Crippen LogP contribution in [-0.4, -0.2) is 28.5 Å². The summed E-state index contributed by atoms with van der Waals surface area (Å²) in [6.45, 7) is 4.34. The van der Waals surface area contributed by atoms with Crippen molar-refractivity contribution in [2.45, 2.75) is 20.0 Å². The number of aromatic nitrogens is 2. The number of nitrogens with zero attached hydrogens (tertiary/aromatic N) is 2. The molecule has 0 unspecified atom stereocenters. The molecule has 0 saturated heterocycles.